The number of sulfonamides is 1. The molecule has 1 N–H and O–H groups in total. The molecule has 0 fully saturated rings. The predicted molar refractivity (Wildman–Crippen MR) is 117 cm³/mol. The number of nitrogens with one attached hydrogen (secondary N) is 1. The minimum absolute atomic E-state index is 0.213. The van der Waals surface area contributed by atoms with Gasteiger partial charge in [0, 0.05) is 5.02 Å². The van der Waals surface area contributed by atoms with Crippen molar-refractivity contribution < 1.29 is 17.9 Å². The Hall–Kier alpha value is -2.25. The number of halogens is 1. The molecule has 0 radical (unpaired) electrons. The van der Waals surface area contributed by atoms with Gasteiger partial charge in [-0.3, -0.25) is 9.10 Å². The second kappa shape index (κ2) is 9.05. The second-order valence-corrected chi connectivity index (χ2v) is 9.44. The molecule has 0 aliphatic heterocycles. The van der Waals surface area contributed by atoms with E-state index in [1.807, 2.05) is 39.0 Å². The average Bonchev–Trinajstić information content (AvgIpc) is 2.62. The summed E-state index contributed by atoms with van der Waals surface area (Å²) in [6.45, 7) is 7.36. The highest BCUT2D eigenvalue weighted by atomic mass is 35.5. The molecular weight excluding hydrogens is 412 g/mol. The Morgan fingerprint density at radius 2 is 1.79 bits per heavy atom. The summed E-state index contributed by atoms with van der Waals surface area (Å²) < 4.78 is 31.4. The molecule has 0 saturated heterocycles. The topological polar surface area (TPSA) is 75.7 Å². The van der Waals surface area contributed by atoms with E-state index in [4.69, 9.17) is 16.3 Å². The van der Waals surface area contributed by atoms with Gasteiger partial charge in [0.2, 0.25) is 15.9 Å². The van der Waals surface area contributed by atoms with Crippen LogP contribution in [0.3, 0.4) is 0 Å². The van der Waals surface area contributed by atoms with Crippen molar-refractivity contribution in [2.75, 3.05) is 17.7 Å². The fourth-order valence-corrected chi connectivity index (χ4v) is 4.59. The predicted octanol–water partition coefficient (Wildman–Crippen LogP) is 4.00. The third kappa shape index (κ3) is 5.42. The Morgan fingerprint density at radius 3 is 2.38 bits per heavy atom. The highest BCUT2D eigenvalue weighted by Gasteiger charge is 2.32. The number of rotatable bonds is 7. The number of benzene rings is 2. The van der Waals surface area contributed by atoms with Gasteiger partial charge in [0.1, 0.15) is 11.8 Å². The standard InChI is InChI=1S/C21H27ClN2O4S/c1-13-7-8-14(2)18(11-13)15(3)23-21(25)16(4)24(29(6,26)27)19-12-17(22)9-10-20(19)28-5/h7-12,15-16H,1-6H3,(H,23,25)/t15-,16+/m1/s1. The second-order valence-electron chi connectivity index (χ2n) is 7.14. The highest BCUT2D eigenvalue weighted by Crippen LogP contribution is 2.34. The van der Waals surface area contributed by atoms with Crippen molar-refractivity contribution in [2.45, 2.75) is 39.8 Å². The lowest BCUT2D eigenvalue weighted by Gasteiger charge is -2.30. The van der Waals surface area contributed by atoms with Gasteiger partial charge < -0.3 is 10.1 Å². The number of hydrogen-bond donors (Lipinski definition) is 1. The molecule has 2 aromatic rings. The number of carbonyl (C=O) groups excluding carboxylic acids is 1. The molecule has 0 aliphatic rings. The number of nitrogens with zero attached hydrogens (tertiary/aromatic N) is 1. The van der Waals surface area contributed by atoms with E-state index in [1.165, 1.54) is 20.1 Å². The Morgan fingerprint density at radius 1 is 1.14 bits per heavy atom. The maximum absolute atomic E-state index is 13.0. The Kier molecular flexibility index (Phi) is 7.19. The summed E-state index contributed by atoms with van der Waals surface area (Å²) in [6.07, 6.45) is 1.05. The molecule has 1 amide bonds. The lowest BCUT2D eigenvalue weighted by Crippen LogP contribution is -2.48. The summed E-state index contributed by atoms with van der Waals surface area (Å²) >= 11 is 6.07. The van der Waals surface area contributed by atoms with Crippen LogP contribution in [0.25, 0.3) is 0 Å². The van der Waals surface area contributed by atoms with Crippen LogP contribution in [-0.4, -0.2) is 33.7 Å². The van der Waals surface area contributed by atoms with Gasteiger partial charge in [-0.2, -0.15) is 0 Å². The van der Waals surface area contributed by atoms with Crippen LogP contribution in [0.4, 0.5) is 5.69 Å². The van der Waals surface area contributed by atoms with E-state index in [-0.39, 0.29) is 11.7 Å². The van der Waals surface area contributed by atoms with Crippen molar-refractivity contribution in [3.05, 3.63) is 58.1 Å². The zero-order valence-corrected chi connectivity index (χ0v) is 19.1. The van der Waals surface area contributed by atoms with Gasteiger partial charge in [-0.05, 0) is 57.0 Å². The van der Waals surface area contributed by atoms with Gasteiger partial charge in [-0.1, -0.05) is 35.4 Å². The van der Waals surface area contributed by atoms with Crippen molar-refractivity contribution >= 4 is 33.2 Å². The van der Waals surface area contributed by atoms with Gasteiger partial charge in [0.15, 0.2) is 0 Å². The number of methoxy groups -OCH3 is 1. The summed E-state index contributed by atoms with van der Waals surface area (Å²) in [4.78, 5) is 13.0. The van der Waals surface area contributed by atoms with Crippen LogP contribution in [-0.2, 0) is 14.8 Å². The van der Waals surface area contributed by atoms with E-state index in [0.29, 0.717) is 10.8 Å². The van der Waals surface area contributed by atoms with Crippen molar-refractivity contribution in [1.29, 1.82) is 0 Å². The van der Waals surface area contributed by atoms with Crippen LogP contribution in [0.2, 0.25) is 5.02 Å². The van der Waals surface area contributed by atoms with Crippen LogP contribution < -0.4 is 14.4 Å². The monoisotopic (exact) mass is 438 g/mol. The van der Waals surface area contributed by atoms with Crippen molar-refractivity contribution in [3.8, 4) is 5.75 Å². The normalized spacial score (nSPS) is 13.5. The van der Waals surface area contributed by atoms with Gasteiger partial charge >= 0.3 is 0 Å². The molecule has 158 valence electrons. The molecule has 2 rings (SSSR count). The third-order valence-electron chi connectivity index (χ3n) is 4.73. The lowest BCUT2D eigenvalue weighted by atomic mass is 10.00. The van der Waals surface area contributed by atoms with Crippen LogP contribution >= 0.6 is 11.6 Å². The molecule has 0 aliphatic carbocycles. The molecule has 0 bridgehead atoms. The average molecular weight is 439 g/mol. The summed E-state index contributed by atoms with van der Waals surface area (Å²) in [7, 11) is -2.36. The summed E-state index contributed by atoms with van der Waals surface area (Å²) in [5.74, 6) is -0.118. The van der Waals surface area contributed by atoms with Crippen molar-refractivity contribution in [2.24, 2.45) is 0 Å². The quantitative estimate of drug-likeness (QED) is 0.708. The van der Waals surface area contributed by atoms with Gasteiger partial charge in [0.05, 0.1) is 25.1 Å². The van der Waals surface area contributed by atoms with Gasteiger partial charge in [-0.25, -0.2) is 8.42 Å². The number of anilines is 1. The van der Waals surface area contributed by atoms with E-state index < -0.39 is 22.0 Å². The first-order valence-corrected chi connectivity index (χ1v) is 11.4. The maximum Gasteiger partial charge on any atom is 0.244 e. The van der Waals surface area contributed by atoms with E-state index >= 15 is 0 Å². The molecule has 2 aromatic carbocycles. The largest absolute Gasteiger partial charge is 0.495 e. The highest BCUT2D eigenvalue weighted by molar-refractivity contribution is 7.92. The zero-order valence-electron chi connectivity index (χ0n) is 17.5. The number of hydrogen-bond acceptors (Lipinski definition) is 4. The molecule has 0 unspecified atom stereocenters. The summed E-state index contributed by atoms with van der Waals surface area (Å²) in [5, 5.41) is 3.26. The molecule has 6 nitrogen and oxygen atoms in total. The van der Waals surface area contributed by atoms with Crippen molar-refractivity contribution in [3.63, 3.8) is 0 Å². The smallest absolute Gasteiger partial charge is 0.244 e. The Bertz CT molecular complexity index is 1010. The minimum atomic E-state index is -3.79. The Balaban J connectivity index is 2.37. The van der Waals surface area contributed by atoms with E-state index in [1.54, 1.807) is 12.1 Å². The number of carbonyl (C=O) groups is 1. The SMILES string of the molecule is COc1ccc(Cl)cc1N([C@@H](C)C(=O)N[C@H](C)c1cc(C)ccc1C)S(C)(=O)=O. The molecule has 0 saturated carbocycles. The van der Waals surface area contributed by atoms with Crippen LogP contribution in [0.1, 0.15) is 36.6 Å². The van der Waals surface area contributed by atoms with E-state index in [0.717, 1.165) is 27.3 Å². The molecule has 29 heavy (non-hydrogen) atoms. The fourth-order valence-electron chi connectivity index (χ4n) is 3.25. The minimum Gasteiger partial charge on any atom is -0.495 e. The molecule has 2 atom stereocenters. The van der Waals surface area contributed by atoms with Gasteiger partial charge in [-0.15, -0.1) is 0 Å². The third-order valence-corrected chi connectivity index (χ3v) is 6.19. The number of ether oxygens (including phenoxy) is 1. The van der Waals surface area contributed by atoms with Crippen LogP contribution in [0.5, 0.6) is 5.75 Å². The van der Waals surface area contributed by atoms with Gasteiger partial charge in [0.25, 0.3) is 0 Å². The molecule has 8 heteroatoms. The van der Waals surface area contributed by atoms with Crippen LogP contribution in [0.15, 0.2) is 36.4 Å². The molecule has 0 spiro atoms. The molecular formula is C21H27ClN2O4S. The summed E-state index contributed by atoms with van der Waals surface area (Å²) in [5.41, 5.74) is 3.33. The first-order valence-electron chi connectivity index (χ1n) is 9.16. The Labute approximate surface area is 177 Å². The van der Waals surface area contributed by atoms with E-state index in [9.17, 15) is 13.2 Å². The molecule has 0 heterocycles. The fraction of sp³-hybridized carbons (Fsp3) is 0.381. The maximum atomic E-state index is 13.0. The van der Waals surface area contributed by atoms with E-state index in [2.05, 4.69) is 5.32 Å². The first kappa shape index (κ1) is 23.0. The lowest BCUT2D eigenvalue weighted by molar-refractivity contribution is -0.122. The number of amides is 1. The summed E-state index contributed by atoms with van der Waals surface area (Å²) in [6, 6.07) is 9.36. The molecule has 0 aromatic heterocycles. The first-order chi connectivity index (χ1) is 13.5. The zero-order chi connectivity index (χ0) is 21.9. The van der Waals surface area contributed by atoms with Crippen LogP contribution in [0, 0.1) is 13.8 Å². The van der Waals surface area contributed by atoms with Crippen molar-refractivity contribution in [1.82, 2.24) is 5.32 Å². The number of aryl methyl sites for hydroxylation is 2.